The minimum absolute atomic E-state index is 0.0271. The molecular weight excluding hydrogens is 775 g/mol. The Morgan fingerprint density at radius 1 is 1.00 bits per heavy atom. The molecule has 0 bridgehead atoms. The largest absolute Gasteiger partial charge is 0.497 e. The zero-order valence-corrected chi connectivity index (χ0v) is 30.4. The fraction of sp³-hybridized carbons (Fsp3) is 0.324. The van der Waals surface area contributed by atoms with Crippen molar-refractivity contribution in [1.29, 1.82) is 0 Å². The lowest BCUT2D eigenvalue weighted by Gasteiger charge is -2.40. The number of nitrogens with zero attached hydrogens (tertiary/aromatic N) is 1. The fourth-order valence-electron chi connectivity index (χ4n) is 6.00. The molecule has 0 fully saturated rings. The summed E-state index contributed by atoms with van der Waals surface area (Å²) in [5.74, 6) is 0.379. The number of benzene rings is 3. The Balaban J connectivity index is 1.60. The lowest BCUT2D eigenvalue weighted by molar-refractivity contribution is -0.118. The minimum atomic E-state index is -1.42. The van der Waals surface area contributed by atoms with Gasteiger partial charge in [0.1, 0.15) is 34.9 Å². The number of hydrogen-bond donors (Lipinski definition) is 4. The number of carbonyl (C=O) groups is 2. The van der Waals surface area contributed by atoms with Crippen molar-refractivity contribution in [3.05, 3.63) is 103 Å². The van der Waals surface area contributed by atoms with Crippen molar-refractivity contribution in [2.45, 2.75) is 37.7 Å². The maximum absolute atomic E-state index is 14.6. The Morgan fingerprint density at radius 3 is 2.47 bits per heavy atom. The number of methoxy groups -OCH3 is 3. The first-order chi connectivity index (χ1) is 24.6. The van der Waals surface area contributed by atoms with Gasteiger partial charge in [-0.2, -0.15) is 0 Å². The number of hydrogen-bond acceptors (Lipinski definition) is 11. The molecule has 13 nitrogen and oxygen atoms in total. The average Bonchev–Trinajstić information content (AvgIpc) is 3.14. The van der Waals surface area contributed by atoms with E-state index in [0.717, 1.165) is 0 Å². The zero-order chi connectivity index (χ0) is 36.7. The molecule has 0 saturated heterocycles. The molecule has 1 aliphatic rings. The highest BCUT2D eigenvalue weighted by atomic mass is 127. The second kappa shape index (κ2) is 17.0. The monoisotopic (exact) mass is 814 g/mol. The van der Waals surface area contributed by atoms with Gasteiger partial charge in [-0.25, -0.2) is 4.79 Å². The molecule has 1 heterocycles. The van der Waals surface area contributed by atoms with Crippen molar-refractivity contribution >= 4 is 45.4 Å². The summed E-state index contributed by atoms with van der Waals surface area (Å²) in [7, 11) is 4.49. The number of carbonyl (C=O) groups excluding carboxylic acids is 2. The second-order valence-electron chi connectivity index (χ2n) is 11.7. The summed E-state index contributed by atoms with van der Waals surface area (Å²) in [6.45, 7) is -0.601. The number of ether oxygens (including phenoxy) is 4. The molecule has 2 amide bonds. The van der Waals surface area contributed by atoms with Crippen LogP contribution >= 0.6 is 22.6 Å². The summed E-state index contributed by atoms with van der Waals surface area (Å²) >= 11 is 2.02. The van der Waals surface area contributed by atoms with Gasteiger partial charge >= 0.3 is 5.63 Å². The van der Waals surface area contributed by atoms with Crippen LogP contribution in [0.25, 0.3) is 11.0 Å². The molecule has 4 N–H and O–H groups in total. The molecule has 1 aromatic heterocycles. The Hall–Kier alpha value is -4.64. The molecule has 5 rings (SSSR count). The lowest BCUT2D eigenvalue weighted by atomic mass is 9.87. The van der Waals surface area contributed by atoms with Gasteiger partial charge in [-0.05, 0) is 88.7 Å². The first-order valence-electron chi connectivity index (χ1n) is 16.1. The highest BCUT2D eigenvalue weighted by Crippen LogP contribution is 2.37. The third-order valence-electron chi connectivity index (χ3n) is 8.58. The molecule has 0 radical (unpaired) electrons. The molecular formula is C37H39IN2O11. The molecule has 1 aliphatic carbocycles. The van der Waals surface area contributed by atoms with E-state index in [1.165, 1.54) is 38.4 Å². The van der Waals surface area contributed by atoms with E-state index in [4.69, 9.17) is 23.4 Å². The van der Waals surface area contributed by atoms with Crippen LogP contribution in [0.1, 0.15) is 27.9 Å². The van der Waals surface area contributed by atoms with Crippen LogP contribution in [0.4, 0.5) is 0 Å². The van der Waals surface area contributed by atoms with Crippen molar-refractivity contribution in [2.24, 2.45) is 0 Å². The number of halogens is 1. The maximum atomic E-state index is 14.6. The normalized spacial score (nSPS) is 17.0. The van der Waals surface area contributed by atoms with Gasteiger partial charge in [0.25, 0.3) is 5.91 Å². The number of amides is 2. The van der Waals surface area contributed by atoms with Gasteiger partial charge in [-0.15, -0.1) is 0 Å². The summed E-state index contributed by atoms with van der Waals surface area (Å²) in [6, 6.07) is 15.7. The van der Waals surface area contributed by atoms with Crippen LogP contribution in [0.2, 0.25) is 0 Å². The topological polar surface area (TPSA) is 177 Å². The number of aliphatic hydroxyl groups excluding tert-OH is 3. The molecule has 14 heteroatoms. The van der Waals surface area contributed by atoms with Crippen LogP contribution in [-0.2, 0) is 17.8 Å². The Morgan fingerprint density at radius 2 is 1.76 bits per heavy atom. The number of para-hydroxylation sites is 1. The van der Waals surface area contributed by atoms with Crippen molar-refractivity contribution in [3.63, 3.8) is 0 Å². The van der Waals surface area contributed by atoms with Gasteiger partial charge in [0.2, 0.25) is 5.91 Å². The van der Waals surface area contributed by atoms with E-state index < -0.39 is 35.7 Å². The van der Waals surface area contributed by atoms with E-state index in [2.05, 4.69) is 5.32 Å². The lowest BCUT2D eigenvalue weighted by Crippen LogP contribution is -2.56. The predicted octanol–water partition coefficient (Wildman–Crippen LogP) is 3.22. The molecule has 3 aromatic carbocycles. The third-order valence-corrected chi connectivity index (χ3v) is 9.38. The van der Waals surface area contributed by atoms with E-state index in [9.17, 15) is 29.7 Å². The van der Waals surface area contributed by atoms with Gasteiger partial charge < -0.3 is 48.9 Å². The Kier molecular flexibility index (Phi) is 12.6. The van der Waals surface area contributed by atoms with Crippen LogP contribution in [0.15, 0.2) is 81.5 Å². The first kappa shape index (κ1) is 37.6. The van der Waals surface area contributed by atoms with Crippen LogP contribution in [0.3, 0.4) is 0 Å². The van der Waals surface area contributed by atoms with Crippen molar-refractivity contribution in [2.75, 3.05) is 41.0 Å². The van der Waals surface area contributed by atoms with E-state index in [1.54, 1.807) is 54.6 Å². The zero-order valence-electron chi connectivity index (χ0n) is 28.3. The summed E-state index contributed by atoms with van der Waals surface area (Å²) in [5.41, 5.74) is 0.641. The fourth-order valence-corrected chi connectivity index (χ4v) is 6.79. The van der Waals surface area contributed by atoms with Gasteiger partial charge in [0.15, 0.2) is 11.5 Å². The van der Waals surface area contributed by atoms with Crippen LogP contribution in [-0.4, -0.2) is 91.3 Å². The molecule has 4 aromatic rings. The Labute approximate surface area is 307 Å². The average molecular weight is 815 g/mol. The summed E-state index contributed by atoms with van der Waals surface area (Å²) in [4.78, 5) is 42.6. The standard InChI is InChI=1S/C37H39IN2O11/c1-47-25-8-9-29(48-2)23(16-25)10-12-40(36(45)26-17-22-6-4-5-7-30(22)51-37(26)46)28-18-24(35(44)39-11-13-41)19-31(33(28)43)50-34-27(38)14-21(20-42)15-32(34)49-3/h4-9,14-17,19,28,31,33,41-43H,10-13,18,20H2,1-3H3,(H,39,44)/t28-,31+,33+/m1/s1. The quantitative estimate of drug-likeness (QED) is 0.109. The van der Waals surface area contributed by atoms with E-state index >= 15 is 0 Å². The predicted molar refractivity (Wildman–Crippen MR) is 195 cm³/mol. The minimum Gasteiger partial charge on any atom is -0.497 e. The van der Waals surface area contributed by atoms with E-state index in [0.29, 0.717) is 37.2 Å². The first-order valence-corrected chi connectivity index (χ1v) is 17.2. The number of nitrogens with one attached hydrogen (secondary N) is 1. The van der Waals surface area contributed by atoms with Gasteiger partial charge in [0, 0.05) is 30.5 Å². The van der Waals surface area contributed by atoms with Crippen LogP contribution < -0.4 is 29.9 Å². The van der Waals surface area contributed by atoms with Gasteiger partial charge in [0.05, 0.1) is 44.2 Å². The summed E-state index contributed by atoms with van der Waals surface area (Å²) in [6.07, 6.45) is -1.03. The molecule has 0 unspecified atom stereocenters. The molecule has 0 saturated carbocycles. The van der Waals surface area contributed by atoms with Crippen LogP contribution in [0, 0.1) is 3.57 Å². The molecule has 0 spiro atoms. The molecule has 0 aliphatic heterocycles. The molecule has 3 atom stereocenters. The smallest absolute Gasteiger partial charge is 0.349 e. The number of fused-ring (bicyclic) bond motifs is 1. The van der Waals surface area contributed by atoms with E-state index in [1.807, 2.05) is 22.6 Å². The summed E-state index contributed by atoms with van der Waals surface area (Å²) in [5, 5.41) is 34.3. The van der Waals surface area contributed by atoms with Crippen molar-refractivity contribution in [3.8, 4) is 23.0 Å². The third kappa shape index (κ3) is 8.47. The number of aliphatic hydroxyl groups is 3. The highest BCUT2D eigenvalue weighted by molar-refractivity contribution is 14.1. The SMILES string of the molecule is COc1ccc(OC)c(CCN(C(=O)c2cc3ccccc3oc2=O)[C@@H]2CC(C(=O)NCCO)=C[C@H](Oc3c(I)cc(CO)cc3OC)[C@H]2O)c1. The van der Waals surface area contributed by atoms with Crippen molar-refractivity contribution in [1.82, 2.24) is 10.2 Å². The maximum Gasteiger partial charge on any atom is 0.349 e. The molecule has 51 heavy (non-hydrogen) atoms. The van der Waals surface area contributed by atoms with E-state index in [-0.39, 0.29) is 61.8 Å². The number of rotatable bonds is 14. The summed E-state index contributed by atoms with van der Waals surface area (Å²) < 4.78 is 29.0. The van der Waals surface area contributed by atoms with Gasteiger partial charge in [-0.1, -0.05) is 18.2 Å². The second-order valence-corrected chi connectivity index (χ2v) is 12.9. The van der Waals surface area contributed by atoms with Crippen LogP contribution in [0.5, 0.6) is 23.0 Å². The van der Waals surface area contributed by atoms with Gasteiger partial charge in [-0.3, -0.25) is 9.59 Å². The van der Waals surface area contributed by atoms with Crippen molar-refractivity contribution < 1.29 is 48.3 Å². The Bertz CT molecular complexity index is 1980. The molecule has 270 valence electrons. The highest BCUT2D eigenvalue weighted by Gasteiger charge is 2.42.